The van der Waals surface area contributed by atoms with Gasteiger partial charge in [0, 0.05) is 19.0 Å². The Hall–Kier alpha value is -1.77. The molecule has 0 N–H and O–H groups in total. The number of benzene rings is 1. The fraction of sp³-hybridized carbons (Fsp3) is 0.250. The number of ether oxygens (including phenoxy) is 1. The summed E-state index contributed by atoms with van der Waals surface area (Å²) in [5.41, 5.74) is 1.15. The van der Waals surface area contributed by atoms with E-state index in [4.69, 9.17) is 4.74 Å². The topological polar surface area (TPSA) is 29.5 Å². The van der Waals surface area contributed by atoms with E-state index in [2.05, 4.69) is 0 Å². The molecule has 15 heavy (non-hydrogen) atoms. The lowest BCUT2D eigenvalue weighted by molar-refractivity contribution is -0.134. The molecule has 1 spiro atoms. The van der Waals surface area contributed by atoms with Gasteiger partial charge >= 0.3 is 0 Å². The standard InChI is InChI=1S/C12H11NO2/c1-13-10-6-3-2-5-9(10)12(11(13)14)7-4-8-15-12/h2-6,8H,7H2,1H3. The molecule has 2 aliphatic heterocycles. The number of amides is 1. The molecule has 1 amide bonds. The molecule has 1 atom stereocenters. The molecular weight excluding hydrogens is 190 g/mol. The normalized spacial score (nSPS) is 27.3. The minimum Gasteiger partial charge on any atom is -0.480 e. The van der Waals surface area contributed by atoms with Crippen molar-refractivity contribution < 1.29 is 9.53 Å². The molecule has 0 fully saturated rings. The van der Waals surface area contributed by atoms with Crippen molar-refractivity contribution in [2.45, 2.75) is 12.0 Å². The molecule has 3 heteroatoms. The fourth-order valence-electron chi connectivity index (χ4n) is 2.34. The molecule has 76 valence electrons. The number of anilines is 1. The van der Waals surface area contributed by atoms with Gasteiger partial charge in [-0.05, 0) is 12.1 Å². The Labute approximate surface area is 88.0 Å². The summed E-state index contributed by atoms with van der Waals surface area (Å²) in [6.45, 7) is 0. The zero-order valence-electron chi connectivity index (χ0n) is 8.43. The van der Waals surface area contributed by atoms with E-state index in [1.54, 1.807) is 18.2 Å². The van der Waals surface area contributed by atoms with Gasteiger partial charge in [0.25, 0.3) is 5.91 Å². The number of hydrogen-bond acceptors (Lipinski definition) is 2. The number of nitrogens with zero attached hydrogens (tertiary/aromatic N) is 1. The summed E-state index contributed by atoms with van der Waals surface area (Å²) < 4.78 is 5.54. The zero-order valence-corrected chi connectivity index (χ0v) is 8.43. The van der Waals surface area contributed by atoms with Gasteiger partial charge in [0.05, 0.1) is 11.9 Å². The van der Waals surface area contributed by atoms with Crippen LogP contribution in [0.4, 0.5) is 5.69 Å². The van der Waals surface area contributed by atoms with E-state index >= 15 is 0 Å². The maximum Gasteiger partial charge on any atom is 0.276 e. The van der Waals surface area contributed by atoms with Crippen molar-refractivity contribution >= 4 is 11.6 Å². The second kappa shape index (κ2) is 2.63. The van der Waals surface area contributed by atoms with Gasteiger partial charge in [0.2, 0.25) is 5.60 Å². The van der Waals surface area contributed by atoms with E-state index in [1.165, 1.54) is 0 Å². The SMILES string of the molecule is CN1C(=O)C2(CC=CO2)c2ccccc21. The van der Waals surface area contributed by atoms with Crippen molar-refractivity contribution in [2.75, 3.05) is 11.9 Å². The third-order valence-electron chi connectivity index (χ3n) is 3.12. The molecule has 1 aromatic rings. The molecule has 2 aliphatic rings. The minimum absolute atomic E-state index is 0.0219. The Kier molecular flexibility index (Phi) is 1.49. The van der Waals surface area contributed by atoms with Gasteiger partial charge in [0.1, 0.15) is 0 Å². The monoisotopic (exact) mass is 201 g/mol. The van der Waals surface area contributed by atoms with Crippen molar-refractivity contribution in [2.24, 2.45) is 0 Å². The highest BCUT2D eigenvalue weighted by Gasteiger charge is 2.52. The van der Waals surface area contributed by atoms with E-state index in [1.807, 2.05) is 30.3 Å². The van der Waals surface area contributed by atoms with Crippen LogP contribution in [-0.2, 0) is 15.1 Å². The average molecular weight is 201 g/mol. The van der Waals surface area contributed by atoms with Gasteiger partial charge in [-0.1, -0.05) is 18.2 Å². The summed E-state index contributed by atoms with van der Waals surface area (Å²) in [5, 5.41) is 0. The van der Waals surface area contributed by atoms with Gasteiger partial charge < -0.3 is 9.64 Å². The summed E-state index contributed by atoms with van der Waals surface area (Å²) in [7, 11) is 1.79. The molecule has 3 rings (SSSR count). The van der Waals surface area contributed by atoms with E-state index in [0.717, 1.165) is 11.3 Å². The summed E-state index contributed by atoms with van der Waals surface area (Å²) in [6, 6.07) is 7.78. The Morgan fingerprint density at radius 1 is 1.40 bits per heavy atom. The van der Waals surface area contributed by atoms with E-state index in [0.29, 0.717) is 6.42 Å². The van der Waals surface area contributed by atoms with Crippen LogP contribution >= 0.6 is 0 Å². The number of rotatable bonds is 0. The van der Waals surface area contributed by atoms with Crippen LogP contribution < -0.4 is 4.90 Å². The maximum atomic E-state index is 12.1. The van der Waals surface area contributed by atoms with E-state index < -0.39 is 5.60 Å². The van der Waals surface area contributed by atoms with Crippen molar-refractivity contribution in [3.8, 4) is 0 Å². The summed E-state index contributed by atoms with van der Waals surface area (Å²) in [6.07, 6.45) is 4.15. The largest absolute Gasteiger partial charge is 0.480 e. The first-order valence-corrected chi connectivity index (χ1v) is 4.96. The van der Waals surface area contributed by atoms with Crippen LogP contribution in [0.3, 0.4) is 0 Å². The molecular formula is C12H11NO2. The van der Waals surface area contributed by atoms with Crippen molar-refractivity contribution in [3.05, 3.63) is 42.2 Å². The number of fused-ring (bicyclic) bond motifs is 2. The average Bonchev–Trinajstić information content (AvgIpc) is 2.83. The van der Waals surface area contributed by atoms with Gasteiger partial charge in [-0.3, -0.25) is 4.79 Å². The van der Waals surface area contributed by atoms with Crippen LogP contribution in [0.5, 0.6) is 0 Å². The molecule has 0 saturated carbocycles. The predicted molar refractivity (Wildman–Crippen MR) is 56.4 cm³/mol. The van der Waals surface area contributed by atoms with Gasteiger partial charge in [-0.2, -0.15) is 0 Å². The second-order valence-corrected chi connectivity index (χ2v) is 3.90. The summed E-state index contributed by atoms with van der Waals surface area (Å²) >= 11 is 0. The van der Waals surface area contributed by atoms with E-state index in [-0.39, 0.29) is 5.91 Å². The Balaban J connectivity index is 2.23. The zero-order chi connectivity index (χ0) is 10.5. The fourth-order valence-corrected chi connectivity index (χ4v) is 2.34. The van der Waals surface area contributed by atoms with Crippen LogP contribution in [0.25, 0.3) is 0 Å². The lowest BCUT2D eigenvalue weighted by Gasteiger charge is -2.21. The first kappa shape index (κ1) is 8.53. The quantitative estimate of drug-likeness (QED) is 0.640. The second-order valence-electron chi connectivity index (χ2n) is 3.90. The molecule has 0 radical (unpaired) electrons. The van der Waals surface area contributed by atoms with Crippen LogP contribution in [-0.4, -0.2) is 13.0 Å². The molecule has 1 unspecified atom stereocenters. The molecule has 0 bridgehead atoms. The molecule has 3 nitrogen and oxygen atoms in total. The number of carbonyl (C=O) groups excluding carboxylic acids is 1. The van der Waals surface area contributed by atoms with Gasteiger partial charge in [-0.25, -0.2) is 0 Å². The Bertz CT molecular complexity index is 456. The Morgan fingerprint density at radius 3 is 2.93 bits per heavy atom. The predicted octanol–water partition coefficient (Wildman–Crippen LogP) is 1.79. The lowest BCUT2D eigenvalue weighted by atomic mass is 9.93. The smallest absolute Gasteiger partial charge is 0.276 e. The highest BCUT2D eigenvalue weighted by Crippen LogP contribution is 2.46. The third kappa shape index (κ3) is 0.876. The third-order valence-corrected chi connectivity index (χ3v) is 3.12. The van der Waals surface area contributed by atoms with Gasteiger partial charge in [0.15, 0.2) is 0 Å². The van der Waals surface area contributed by atoms with Crippen LogP contribution in [0, 0.1) is 0 Å². The van der Waals surface area contributed by atoms with Crippen molar-refractivity contribution in [1.29, 1.82) is 0 Å². The van der Waals surface area contributed by atoms with Crippen LogP contribution in [0.1, 0.15) is 12.0 Å². The number of carbonyl (C=O) groups is 1. The first-order valence-electron chi connectivity index (χ1n) is 4.96. The molecule has 0 saturated heterocycles. The molecule has 0 aliphatic carbocycles. The van der Waals surface area contributed by atoms with Crippen LogP contribution in [0.15, 0.2) is 36.6 Å². The van der Waals surface area contributed by atoms with E-state index in [9.17, 15) is 4.79 Å². The molecule has 1 aromatic carbocycles. The number of likely N-dealkylation sites (N-methyl/N-ethyl adjacent to an activating group) is 1. The Morgan fingerprint density at radius 2 is 2.20 bits per heavy atom. The highest BCUT2D eigenvalue weighted by molar-refractivity contribution is 6.07. The molecule has 2 heterocycles. The van der Waals surface area contributed by atoms with Crippen molar-refractivity contribution in [3.63, 3.8) is 0 Å². The first-order chi connectivity index (χ1) is 7.26. The minimum atomic E-state index is -0.772. The summed E-state index contributed by atoms with van der Waals surface area (Å²) in [5.74, 6) is 0.0219. The molecule has 0 aromatic heterocycles. The number of para-hydroxylation sites is 1. The van der Waals surface area contributed by atoms with Crippen LogP contribution in [0.2, 0.25) is 0 Å². The maximum absolute atomic E-state index is 12.1. The number of hydrogen-bond donors (Lipinski definition) is 0. The van der Waals surface area contributed by atoms with Crippen molar-refractivity contribution in [1.82, 2.24) is 0 Å². The van der Waals surface area contributed by atoms with Gasteiger partial charge in [-0.15, -0.1) is 0 Å². The summed E-state index contributed by atoms with van der Waals surface area (Å²) in [4.78, 5) is 13.8. The lowest BCUT2D eigenvalue weighted by Crippen LogP contribution is -2.37. The highest BCUT2D eigenvalue weighted by atomic mass is 16.5.